The number of carboxylic acids is 1. The van der Waals surface area contributed by atoms with Crippen LogP contribution in [0.3, 0.4) is 0 Å². The van der Waals surface area contributed by atoms with E-state index in [1.165, 1.54) is 0 Å². The number of nitrogens with zero attached hydrogens (tertiary/aromatic N) is 1. The highest BCUT2D eigenvalue weighted by Gasteiger charge is 2.24. The molecule has 1 aromatic rings. The van der Waals surface area contributed by atoms with E-state index in [1.54, 1.807) is 12.1 Å². The zero-order chi connectivity index (χ0) is 10.8. The van der Waals surface area contributed by atoms with Gasteiger partial charge >= 0.3 is 5.97 Å². The molecule has 0 spiro atoms. The summed E-state index contributed by atoms with van der Waals surface area (Å²) in [5.41, 5.74) is 2.42. The average Bonchev–Trinajstić information content (AvgIpc) is 2.64. The van der Waals surface area contributed by atoms with Crippen molar-refractivity contribution in [2.45, 2.75) is 12.8 Å². The van der Waals surface area contributed by atoms with Crippen LogP contribution in [0.25, 0.3) is 0 Å². The van der Waals surface area contributed by atoms with Gasteiger partial charge in [0.1, 0.15) is 13.6 Å². The van der Waals surface area contributed by atoms with Crippen LogP contribution in [0.4, 0.5) is 0 Å². The predicted molar refractivity (Wildman–Crippen MR) is 57.8 cm³/mol. The van der Waals surface area contributed by atoms with Crippen LogP contribution in [0.15, 0.2) is 24.3 Å². The van der Waals surface area contributed by atoms with E-state index in [0.717, 1.165) is 30.7 Å². The SMILES string of the molecule is C[N+]1=C(c2ccccc2C(=O)O)CCC1. The first-order chi connectivity index (χ1) is 7.20. The maximum Gasteiger partial charge on any atom is 0.336 e. The molecule has 1 aliphatic heterocycles. The lowest BCUT2D eigenvalue weighted by atomic mass is 10.0. The average molecular weight is 204 g/mol. The first kappa shape index (κ1) is 9.90. The summed E-state index contributed by atoms with van der Waals surface area (Å²) in [7, 11) is 2.01. The Morgan fingerprint density at radius 2 is 2.13 bits per heavy atom. The Labute approximate surface area is 88.7 Å². The molecule has 0 aromatic heterocycles. The van der Waals surface area contributed by atoms with Gasteiger partial charge in [0.05, 0.1) is 11.1 Å². The zero-order valence-electron chi connectivity index (χ0n) is 8.73. The molecule has 0 unspecified atom stereocenters. The minimum absolute atomic E-state index is 0.404. The molecule has 0 atom stereocenters. The molecular formula is C12H14NO2+. The summed E-state index contributed by atoms with van der Waals surface area (Å²) in [6, 6.07) is 7.21. The van der Waals surface area contributed by atoms with Gasteiger partial charge in [-0.1, -0.05) is 12.1 Å². The second-order valence-corrected chi connectivity index (χ2v) is 3.82. The molecule has 0 bridgehead atoms. The molecule has 2 rings (SSSR count). The van der Waals surface area contributed by atoms with Crippen LogP contribution >= 0.6 is 0 Å². The number of rotatable bonds is 2. The van der Waals surface area contributed by atoms with Crippen molar-refractivity contribution in [3.05, 3.63) is 35.4 Å². The molecule has 1 N–H and O–H groups in total. The second kappa shape index (κ2) is 3.85. The van der Waals surface area contributed by atoms with Crippen molar-refractivity contribution in [1.29, 1.82) is 0 Å². The summed E-state index contributed by atoms with van der Waals surface area (Å²) in [5, 5.41) is 9.08. The fourth-order valence-electron chi connectivity index (χ4n) is 2.07. The topological polar surface area (TPSA) is 40.3 Å². The van der Waals surface area contributed by atoms with Crippen LogP contribution in [0.5, 0.6) is 0 Å². The third kappa shape index (κ3) is 1.77. The van der Waals surface area contributed by atoms with Crippen molar-refractivity contribution < 1.29 is 14.5 Å². The number of aromatic carboxylic acids is 1. The van der Waals surface area contributed by atoms with Gasteiger partial charge in [0.25, 0.3) is 0 Å². The lowest BCUT2D eigenvalue weighted by Crippen LogP contribution is -2.14. The Morgan fingerprint density at radius 3 is 2.73 bits per heavy atom. The monoisotopic (exact) mass is 204 g/mol. The van der Waals surface area contributed by atoms with Crippen LogP contribution in [-0.2, 0) is 0 Å². The largest absolute Gasteiger partial charge is 0.478 e. The van der Waals surface area contributed by atoms with Crippen LogP contribution in [0.2, 0.25) is 0 Å². The van der Waals surface area contributed by atoms with E-state index in [1.807, 2.05) is 19.2 Å². The molecule has 0 radical (unpaired) electrons. The zero-order valence-corrected chi connectivity index (χ0v) is 8.73. The number of hydrogen-bond acceptors (Lipinski definition) is 1. The van der Waals surface area contributed by atoms with E-state index in [4.69, 9.17) is 5.11 Å². The van der Waals surface area contributed by atoms with Crippen molar-refractivity contribution >= 4 is 11.7 Å². The highest BCUT2D eigenvalue weighted by atomic mass is 16.4. The van der Waals surface area contributed by atoms with Crippen molar-refractivity contribution in [2.24, 2.45) is 0 Å². The summed E-state index contributed by atoms with van der Waals surface area (Å²) < 4.78 is 2.14. The lowest BCUT2D eigenvalue weighted by Gasteiger charge is -2.02. The van der Waals surface area contributed by atoms with Gasteiger partial charge in [0, 0.05) is 12.8 Å². The molecule has 1 aliphatic rings. The molecule has 1 heterocycles. The van der Waals surface area contributed by atoms with E-state index in [-0.39, 0.29) is 0 Å². The van der Waals surface area contributed by atoms with Crippen LogP contribution < -0.4 is 0 Å². The van der Waals surface area contributed by atoms with Gasteiger partial charge in [0.2, 0.25) is 0 Å². The highest BCUT2D eigenvalue weighted by molar-refractivity contribution is 6.06. The van der Waals surface area contributed by atoms with Gasteiger partial charge in [-0.05, 0) is 12.1 Å². The molecule has 0 fully saturated rings. The minimum Gasteiger partial charge on any atom is -0.478 e. The molecule has 0 aliphatic carbocycles. The molecule has 0 saturated heterocycles. The van der Waals surface area contributed by atoms with Crippen molar-refractivity contribution in [1.82, 2.24) is 0 Å². The molecule has 3 nitrogen and oxygen atoms in total. The fraction of sp³-hybridized carbons (Fsp3) is 0.333. The van der Waals surface area contributed by atoms with Crippen LogP contribution in [0.1, 0.15) is 28.8 Å². The first-order valence-corrected chi connectivity index (χ1v) is 5.10. The maximum absolute atomic E-state index is 11.1. The summed E-state index contributed by atoms with van der Waals surface area (Å²) in [6.07, 6.45) is 2.08. The number of hydrogen-bond donors (Lipinski definition) is 1. The van der Waals surface area contributed by atoms with Crippen LogP contribution in [0, 0.1) is 0 Å². The van der Waals surface area contributed by atoms with Gasteiger partial charge in [-0.2, -0.15) is 0 Å². The van der Waals surface area contributed by atoms with Gasteiger partial charge < -0.3 is 5.11 Å². The van der Waals surface area contributed by atoms with E-state index in [0.29, 0.717) is 5.56 Å². The Morgan fingerprint density at radius 1 is 1.40 bits per heavy atom. The lowest BCUT2D eigenvalue weighted by molar-refractivity contribution is -0.488. The molecule has 0 saturated carbocycles. The smallest absolute Gasteiger partial charge is 0.336 e. The molecule has 1 aromatic carbocycles. The van der Waals surface area contributed by atoms with Crippen molar-refractivity contribution in [3.63, 3.8) is 0 Å². The van der Waals surface area contributed by atoms with Gasteiger partial charge in [0.15, 0.2) is 5.71 Å². The van der Waals surface area contributed by atoms with E-state index in [9.17, 15) is 4.79 Å². The number of carboxylic acid groups (broad SMARTS) is 1. The summed E-state index contributed by atoms with van der Waals surface area (Å²) in [4.78, 5) is 11.1. The minimum atomic E-state index is -0.849. The summed E-state index contributed by atoms with van der Waals surface area (Å²) in [6.45, 7) is 1.02. The van der Waals surface area contributed by atoms with E-state index in [2.05, 4.69) is 4.58 Å². The Kier molecular flexibility index (Phi) is 2.54. The van der Waals surface area contributed by atoms with Gasteiger partial charge in [-0.25, -0.2) is 9.37 Å². The second-order valence-electron chi connectivity index (χ2n) is 3.82. The van der Waals surface area contributed by atoms with Crippen LogP contribution in [-0.4, -0.2) is 35.0 Å². The Bertz CT molecular complexity index is 435. The molecular weight excluding hydrogens is 190 g/mol. The predicted octanol–water partition coefficient (Wildman–Crippen LogP) is 1.61. The highest BCUT2D eigenvalue weighted by Crippen LogP contribution is 2.16. The Hall–Kier alpha value is -1.64. The maximum atomic E-state index is 11.1. The van der Waals surface area contributed by atoms with Crippen molar-refractivity contribution in [2.75, 3.05) is 13.6 Å². The molecule has 3 heteroatoms. The summed E-state index contributed by atoms with van der Waals surface area (Å²) in [5.74, 6) is -0.849. The summed E-state index contributed by atoms with van der Waals surface area (Å²) >= 11 is 0. The third-order valence-electron chi connectivity index (χ3n) is 2.84. The molecule has 0 amide bonds. The number of carbonyl (C=O) groups is 1. The fourth-order valence-corrected chi connectivity index (χ4v) is 2.07. The quantitative estimate of drug-likeness (QED) is 0.743. The molecule has 15 heavy (non-hydrogen) atoms. The van der Waals surface area contributed by atoms with Gasteiger partial charge in [-0.3, -0.25) is 0 Å². The third-order valence-corrected chi connectivity index (χ3v) is 2.84. The van der Waals surface area contributed by atoms with Gasteiger partial charge in [-0.15, -0.1) is 0 Å². The normalized spacial score (nSPS) is 15.8. The standard InChI is InChI=1S/C12H13NO2/c1-13-8-4-7-11(13)9-5-2-3-6-10(9)12(14)15/h2-3,5-6H,4,7-8H2,1H3/p+1. The Balaban J connectivity index is 2.52. The number of benzene rings is 1. The van der Waals surface area contributed by atoms with Crippen molar-refractivity contribution in [3.8, 4) is 0 Å². The first-order valence-electron chi connectivity index (χ1n) is 5.10. The molecule has 78 valence electrons. The van der Waals surface area contributed by atoms with E-state index >= 15 is 0 Å². The van der Waals surface area contributed by atoms with E-state index < -0.39 is 5.97 Å².